The van der Waals surface area contributed by atoms with E-state index in [4.69, 9.17) is 25.5 Å². The Bertz CT molecular complexity index is 1280. The molecule has 2 aliphatic rings. The molecule has 1 fully saturated rings. The zero-order valence-corrected chi connectivity index (χ0v) is 20.6. The summed E-state index contributed by atoms with van der Waals surface area (Å²) in [6, 6.07) is 12.0. The summed E-state index contributed by atoms with van der Waals surface area (Å²) in [5, 5.41) is 0.820. The summed E-state index contributed by atoms with van der Waals surface area (Å²) in [5.74, 6) is 0.553. The second-order valence-corrected chi connectivity index (χ2v) is 9.38. The van der Waals surface area contributed by atoms with E-state index in [1.54, 1.807) is 23.1 Å². The van der Waals surface area contributed by atoms with E-state index in [0.29, 0.717) is 54.5 Å². The third kappa shape index (κ3) is 4.81. The number of carbonyl (C=O) groups is 1. The third-order valence-corrected chi connectivity index (χ3v) is 6.86. The highest BCUT2D eigenvalue weighted by Crippen LogP contribution is 2.39. The Hall–Kier alpha value is -2.87. The van der Waals surface area contributed by atoms with E-state index < -0.39 is 6.04 Å². The predicted molar refractivity (Wildman–Crippen MR) is 134 cm³/mol. The van der Waals surface area contributed by atoms with Gasteiger partial charge in [-0.1, -0.05) is 37.1 Å². The lowest BCUT2D eigenvalue weighted by molar-refractivity contribution is 0.0314. The van der Waals surface area contributed by atoms with Crippen LogP contribution < -0.4 is 10.2 Å². The molecule has 8 heteroatoms. The van der Waals surface area contributed by atoms with Gasteiger partial charge in [-0.25, -0.2) is 0 Å². The first-order chi connectivity index (χ1) is 17.1. The van der Waals surface area contributed by atoms with Gasteiger partial charge in [-0.3, -0.25) is 14.5 Å². The summed E-state index contributed by atoms with van der Waals surface area (Å²) in [5.41, 5.74) is 1.31. The number of hydrogen-bond donors (Lipinski definition) is 0. The van der Waals surface area contributed by atoms with Crippen LogP contribution in [0.15, 0.2) is 51.7 Å². The lowest BCUT2D eigenvalue weighted by Crippen LogP contribution is -2.42. The average molecular weight is 497 g/mol. The molecule has 0 bridgehead atoms. The van der Waals surface area contributed by atoms with Crippen LogP contribution in [-0.2, 0) is 4.74 Å². The number of unbranched alkanes of at least 4 members (excludes halogenated alkanes) is 1. The van der Waals surface area contributed by atoms with Crippen LogP contribution in [-0.4, -0.2) is 61.7 Å². The zero-order valence-electron chi connectivity index (χ0n) is 19.8. The van der Waals surface area contributed by atoms with Crippen LogP contribution in [0.2, 0.25) is 5.02 Å². The smallest absolute Gasteiger partial charge is 0.290 e. The van der Waals surface area contributed by atoms with Gasteiger partial charge in [0.05, 0.1) is 36.8 Å². The lowest BCUT2D eigenvalue weighted by atomic mass is 9.98. The molecule has 1 amide bonds. The molecule has 0 aliphatic carbocycles. The van der Waals surface area contributed by atoms with Gasteiger partial charge in [-0.15, -0.1) is 0 Å². The van der Waals surface area contributed by atoms with Crippen LogP contribution >= 0.6 is 11.6 Å². The Labute approximate surface area is 209 Å². The fraction of sp³-hybridized carbons (Fsp3) is 0.407. The van der Waals surface area contributed by atoms with Crippen molar-refractivity contribution >= 4 is 28.5 Å². The standard InChI is InChI=1S/C27H29ClN2O5/c1-2-3-13-34-20-6-4-5-18(16-20)24-23-25(31)21-17-19(28)7-8-22(21)35-26(23)27(32)30(24)10-9-29-11-14-33-15-12-29/h4-8,16-17,24H,2-3,9-15H2,1H3. The molecular weight excluding hydrogens is 468 g/mol. The minimum Gasteiger partial charge on any atom is -0.494 e. The van der Waals surface area contributed by atoms with Crippen molar-refractivity contribution in [2.75, 3.05) is 46.0 Å². The molecule has 2 aliphatic heterocycles. The van der Waals surface area contributed by atoms with Gasteiger partial charge in [0, 0.05) is 31.2 Å². The average Bonchev–Trinajstić information content (AvgIpc) is 3.16. The highest BCUT2D eigenvalue weighted by atomic mass is 35.5. The largest absolute Gasteiger partial charge is 0.494 e. The summed E-state index contributed by atoms with van der Waals surface area (Å²) in [7, 11) is 0. The predicted octanol–water partition coefficient (Wildman–Crippen LogP) is 4.50. The molecule has 2 aromatic carbocycles. The normalized spacial score (nSPS) is 18.3. The number of amides is 1. The number of hydrogen-bond acceptors (Lipinski definition) is 6. The highest BCUT2D eigenvalue weighted by molar-refractivity contribution is 6.31. The molecule has 184 valence electrons. The molecular formula is C27H29ClN2O5. The molecule has 0 radical (unpaired) electrons. The maximum absolute atomic E-state index is 13.7. The lowest BCUT2D eigenvalue weighted by Gasteiger charge is -2.31. The van der Waals surface area contributed by atoms with Gasteiger partial charge in [0.15, 0.2) is 5.43 Å². The van der Waals surface area contributed by atoms with Crippen LogP contribution in [0.25, 0.3) is 11.0 Å². The number of halogens is 1. The molecule has 3 aromatic rings. The molecule has 1 saturated heterocycles. The van der Waals surface area contributed by atoms with Gasteiger partial charge >= 0.3 is 0 Å². The number of ether oxygens (including phenoxy) is 2. The summed E-state index contributed by atoms with van der Waals surface area (Å²) >= 11 is 6.18. The van der Waals surface area contributed by atoms with E-state index in [0.717, 1.165) is 37.2 Å². The number of benzene rings is 2. The first-order valence-electron chi connectivity index (χ1n) is 12.2. The van der Waals surface area contributed by atoms with Gasteiger partial charge in [0.1, 0.15) is 11.3 Å². The van der Waals surface area contributed by atoms with Crippen LogP contribution in [0, 0.1) is 0 Å². The van der Waals surface area contributed by atoms with E-state index in [2.05, 4.69) is 11.8 Å². The van der Waals surface area contributed by atoms with Crippen molar-refractivity contribution in [3.8, 4) is 5.75 Å². The molecule has 0 spiro atoms. The highest BCUT2D eigenvalue weighted by Gasteiger charge is 2.42. The van der Waals surface area contributed by atoms with Crippen molar-refractivity contribution < 1.29 is 18.7 Å². The molecule has 5 rings (SSSR count). The number of carbonyl (C=O) groups excluding carboxylic acids is 1. The molecule has 35 heavy (non-hydrogen) atoms. The molecule has 3 heterocycles. The molecule has 1 atom stereocenters. The van der Waals surface area contributed by atoms with E-state index in [9.17, 15) is 9.59 Å². The summed E-state index contributed by atoms with van der Waals surface area (Å²) in [6.45, 7) is 6.88. The Morgan fingerprint density at radius 1 is 1.09 bits per heavy atom. The van der Waals surface area contributed by atoms with Crippen LogP contribution in [0.5, 0.6) is 5.75 Å². The van der Waals surface area contributed by atoms with Gasteiger partial charge in [-0.2, -0.15) is 0 Å². The molecule has 7 nitrogen and oxygen atoms in total. The van der Waals surface area contributed by atoms with Crippen molar-refractivity contribution in [2.45, 2.75) is 25.8 Å². The SMILES string of the molecule is CCCCOc1cccc(C2c3c(oc4ccc(Cl)cc4c3=O)C(=O)N2CCN2CCOCC2)c1. The Morgan fingerprint density at radius 3 is 2.71 bits per heavy atom. The topological polar surface area (TPSA) is 72.2 Å². The first kappa shape index (κ1) is 23.9. The zero-order chi connectivity index (χ0) is 24.4. The summed E-state index contributed by atoms with van der Waals surface area (Å²) in [6.07, 6.45) is 1.99. The number of nitrogens with zero attached hydrogens (tertiary/aromatic N) is 2. The second-order valence-electron chi connectivity index (χ2n) is 8.94. The quantitative estimate of drug-likeness (QED) is 0.427. The number of morpholine rings is 1. The fourth-order valence-electron chi connectivity index (χ4n) is 4.75. The fourth-order valence-corrected chi connectivity index (χ4v) is 4.92. The van der Waals surface area contributed by atoms with Crippen molar-refractivity contribution in [2.24, 2.45) is 0 Å². The van der Waals surface area contributed by atoms with Crippen LogP contribution in [0.1, 0.15) is 47.5 Å². The van der Waals surface area contributed by atoms with E-state index in [-0.39, 0.29) is 17.1 Å². The Morgan fingerprint density at radius 2 is 1.91 bits per heavy atom. The van der Waals surface area contributed by atoms with E-state index >= 15 is 0 Å². The minimum atomic E-state index is -0.562. The number of rotatable bonds is 8. The summed E-state index contributed by atoms with van der Waals surface area (Å²) in [4.78, 5) is 31.3. The second kappa shape index (κ2) is 10.4. The van der Waals surface area contributed by atoms with Gasteiger partial charge in [0.25, 0.3) is 5.91 Å². The van der Waals surface area contributed by atoms with E-state index in [1.165, 1.54) is 0 Å². The molecule has 1 aromatic heterocycles. The maximum Gasteiger partial charge on any atom is 0.290 e. The van der Waals surface area contributed by atoms with Gasteiger partial charge < -0.3 is 18.8 Å². The Balaban J connectivity index is 1.56. The molecule has 0 saturated carbocycles. The third-order valence-electron chi connectivity index (χ3n) is 6.63. The molecule has 1 unspecified atom stereocenters. The van der Waals surface area contributed by atoms with Crippen molar-refractivity contribution in [3.05, 3.63) is 74.6 Å². The first-order valence-corrected chi connectivity index (χ1v) is 12.5. The van der Waals surface area contributed by atoms with Crippen molar-refractivity contribution in [1.82, 2.24) is 9.80 Å². The maximum atomic E-state index is 13.7. The number of fused-ring (bicyclic) bond motifs is 2. The Kier molecular flexibility index (Phi) is 7.09. The van der Waals surface area contributed by atoms with Crippen molar-refractivity contribution in [1.29, 1.82) is 0 Å². The van der Waals surface area contributed by atoms with Gasteiger partial charge in [0.2, 0.25) is 5.76 Å². The monoisotopic (exact) mass is 496 g/mol. The molecule has 0 N–H and O–H groups in total. The minimum absolute atomic E-state index is 0.106. The van der Waals surface area contributed by atoms with E-state index in [1.807, 2.05) is 24.3 Å². The van der Waals surface area contributed by atoms with Crippen LogP contribution in [0.4, 0.5) is 0 Å². The van der Waals surface area contributed by atoms with Crippen molar-refractivity contribution in [3.63, 3.8) is 0 Å². The summed E-state index contributed by atoms with van der Waals surface area (Å²) < 4.78 is 17.4. The van der Waals surface area contributed by atoms with Gasteiger partial charge in [-0.05, 0) is 42.3 Å². The van der Waals surface area contributed by atoms with Crippen LogP contribution in [0.3, 0.4) is 0 Å².